The molecule has 0 spiro atoms. The summed E-state index contributed by atoms with van der Waals surface area (Å²) in [6, 6.07) is -1.13. The van der Waals surface area contributed by atoms with Crippen molar-refractivity contribution in [1.82, 2.24) is 9.80 Å². The number of ether oxygens (including phenoxy) is 1. The van der Waals surface area contributed by atoms with Gasteiger partial charge in [-0.25, -0.2) is 0 Å². The van der Waals surface area contributed by atoms with Crippen LogP contribution >= 0.6 is 0 Å². The molecule has 3 saturated heterocycles. The molecule has 3 aliphatic heterocycles. The van der Waals surface area contributed by atoms with Crippen LogP contribution in [0.4, 0.5) is 0 Å². The van der Waals surface area contributed by atoms with E-state index in [-0.39, 0.29) is 17.7 Å². The normalized spacial score (nSPS) is 44.3. The first-order chi connectivity index (χ1) is 9.23. The van der Waals surface area contributed by atoms with Gasteiger partial charge in [0.2, 0.25) is 5.91 Å². The molecule has 0 aromatic rings. The van der Waals surface area contributed by atoms with Crippen molar-refractivity contribution in [2.45, 2.75) is 64.1 Å². The average Bonchev–Trinajstić information content (AvgIpc) is 2.92. The van der Waals surface area contributed by atoms with Crippen molar-refractivity contribution < 1.29 is 19.4 Å². The number of carbonyl (C=O) groups is 2. The zero-order valence-corrected chi connectivity index (χ0v) is 12.4. The van der Waals surface area contributed by atoms with Crippen LogP contribution in [0.3, 0.4) is 0 Å². The molecule has 0 aliphatic carbocycles. The number of fused-ring (bicyclic) bond motifs is 3. The van der Waals surface area contributed by atoms with Crippen molar-refractivity contribution in [3.63, 3.8) is 0 Å². The topological polar surface area (TPSA) is 70.1 Å². The smallest absolute Gasteiger partial charge is 0.274 e. The van der Waals surface area contributed by atoms with E-state index in [1.165, 1.54) is 4.90 Å². The van der Waals surface area contributed by atoms with Crippen molar-refractivity contribution in [1.29, 1.82) is 0 Å². The van der Waals surface area contributed by atoms with E-state index in [0.29, 0.717) is 13.0 Å². The van der Waals surface area contributed by atoms with Gasteiger partial charge in [-0.3, -0.25) is 14.5 Å². The molecule has 0 aromatic carbocycles. The molecule has 0 saturated carbocycles. The molecule has 2 amide bonds. The zero-order valence-electron chi connectivity index (χ0n) is 12.4. The van der Waals surface area contributed by atoms with Crippen LogP contribution in [-0.4, -0.2) is 56.9 Å². The van der Waals surface area contributed by atoms with Gasteiger partial charge in [0, 0.05) is 6.54 Å². The summed E-state index contributed by atoms with van der Waals surface area (Å²) in [6.45, 7) is 7.76. The van der Waals surface area contributed by atoms with E-state index < -0.39 is 23.6 Å². The Labute approximate surface area is 118 Å². The standard InChI is InChI=1S/C14H22N2O4/c1-8(2)13(4)12(18)16-9(3)11(17)15-7-5-6-10(15)14(16,19)20-13/h8-10,19H,5-7H2,1-4H3/t9-,10-,13+,14-/m0/s1. The number of piperazine rings is 1. The maximum Gasteiger partial charge on any atom is 0.274 e. The van der Waals surface area contributed by atoms with Gasteiger partial charge in [-0.15, -0.1) is 0 Å². The Morgan fingerprint density at radius 3 is 2.65 bits per heavy atom. The van der Waals surface area contributed by atoms with Crippen molar-refractivity contribution in [2.75, 3.05) is 6.54 Å². The van der Waals surface area contributed by atoms with E-state index in [1.54, 1.807) is 18.7 Å². The predicted molar refractivity (Wildman–Crippen MR) is 70.3 cm³/mol. The van der Waals surface area contributed by atoms with Crippen LogP contribution in [0.25, 0.3) is 0 Å². The number of rotatable bonds is 1. The van der Waals surface area contributed by atoms with Crippen LogP contribution in [0.2, 0.25) is 0 Å². The van der Waals surface area contributed by atoms with E-state index in [9.17, 15) is 14.7 Å². The maximum absolute atomic E-state index is 12.7. The number of nitrogens with zero attached hydrogens (tertiary/aromatic N) is 2. The highest BCUT2D eigenvalue weighted by molar-refractivity contribution is 5.94. The lowest BCUT2D eigenvalue weighted by molar-refractivity contribution is -0.315. The third kappa shape index (κ3) is 1.41. The van der Waals surface area contributed by atoms with E-state index in [4.69, 9.17) is 4.74 Å². The largest absolute Gasteiger partial charge is 0.347 e. The highest BCUT2D eigenvalue weighted by Crippen LogP contribution is 2.47. The van der Waals surface area contributed by atoms with Gasteiger partial charge < -0.3 is 14.7 Å². The van der Waals surface area contributed by atoms with Gasteiger partial charge in [0.25, 0.3) is 11.8 Å². The summed E-state index contributed by atoms with van der Waals surface area (Å²) in [5.41, 5.74) is -1.08. The molecule has 3 heterocycles. The van der Waals surface area contributed by atoms with Crippen LogP contribution in [-0.2, 0) is 14.3 Å². The molecule has 3 rings (SSSR count). The van der Waals surface area contributed by atoms with Gasteiger partial charge in [0.1, 0.15) is 12.1 Å². The van der Waals surface area contributed by atoms with Gasteiger partial charge in [0.15, 0.2) is 5.60 Å². The van der Waals surface area contributed by atoms with Crippen LogP contribution < -0.4 is 0 Å². The van der Waals surface area contributed by atoms with Gasteiger partial charge in [-0.05, 0) is 32.6 Å². The summed E-state index contributed by atoms with van der Waals surface area (Å²) in [7, 11) is 0. The lowest BCUT2D eigenvalue weighted by Gasteiger charge is -2.48. The van der Waals surface area contributed by atoms with Crippen molar-refractivity contribution in [2.24, 2.45) is 5.92 Å². The molecule has 0 aromatic heterocycles. The Kier molecular flexibility index (Phi) is 2.73. The molecule has 4 atom stereocenters. The molecule has 3 aliphatic rings. The number of amides is 2. The van der Waals surface area contributed by atoms with E-state index in [1.807, 2.05) is 13.8 Å². The lowest BCUT2D eigenvalue weighted by Crippen LogP contribution is -2.70. The summed E-state index contributed by atoms with van der Waals surface area (Å²) < 4.78 is 5.88. The first-order valence-corrected chi connectivity index (χ1v) is 7.30. The minimum Gasteiger partial charge on any atom is -0.347 e. The minimum absolute atomic E-state index is 0.0817. The third-order valence-electron chi connectivity index (χ3n) is 5.17. The number of aliphatic hydroxyl groups is 1. The highest BCUT2D eigenvalue weighted by atomic mass is 16.7. The Morgan fingerprint density at radius 1 is 1.40 bits per heavy atom. The molecule has 6 heteroatoms. The quantitative estimate of drug-likeness (QED) is 0.751. The summed E-state index contributed by atoms with van der Waals surface area (Å²) in [5.74, 6) is -2.15. The molecule has 0 bridgehead atoms. The summed E-state index contributed by atoms with van der Waals surface area (Å²) in [4.78, 5) is 28.0. The molecule has 6 nitrogen and oxygen atoms in total. The molecule has 112 valence electrons. The Morgan fingerprint density at radius 2 is 2.05 bits per heavy atom. The monoisotopic (exact) mass is 282 g/mol. The Hall–Kier alpha value is -1.14. The first-order valence-electron chi connectivity index (χ1n) is 7.30. The fourth-order valence-electron chi connectivity index (χ4n) is 3.61. The van der Waals surface area contributed by atoms with Crippen LogP contribution in [0, 0.1) is 5.92 Å². The molecular weight excluding hydrogens is 260 g/mol. The van der Waals surface area contributed by atoms with Crippen LogP contribution in [0.5, 0.6) is 0 Å². The highest BCUT2D eigenvalue weighted by Gasteiger charge is 2.69. The Balaban J connectivity index is 2.09. The molecule has 3 fully saturated rings. The fraction of sp³-hybridized carbons (Fsp3) is 0.857. The summed E-state index contributed by atoms with van der Waals surface area (Å²) in [5, 5.41) is 11.0. The minimum atomic E-state index is -1.68. The molecule has 20 heavy (non-hydrogen) atoms. The Bertz CT molecular complexity index is 480. The van der Waals surface area contributed by atoms with E-state index in [2.05, 4.69) is 0 Å². The second-order valence-electron chi connectivity index (χ2n) is 6.56. The number of carbonyl (C=O) groups excluding carboxylic acids is 2. The number of hydrogen-bond acceptors (Lipinski definition) is 4. The lowest BCUT2D eigenvalue weighted by atomic mass is 9.91. The van der Waals surface area contributed by atoms with Crippen molar-refractivity contribution >= 4 is 11.8 Å². The van der Waals surface area contributed by atoms with E-state index >= 15 is 0 Å². The SMILES string of the molecule is CC(C)[C@@]1(C)O[C@@]2(O)[C@@H]3CCCN3C(=O)[C@H](C)N2C1=O. The first kappa shape index (κ1) is 13.8. The maximum atomic E-state index is 12.7. The van der Waals surface area contributed by atoms with Crippen molar-refractivity contribution in [3.8, 4) is 0 Å². The second kappa shape index (κ2) is 3.95. The predicted octanol–water partition coefficient (Wildman–Crippen LogP) is 0.299. The number of hydrogen-bond donors (Lipinski definition) is 1. The van der Waals surface area contributed by atoms with Crippen molar-refractivity contribution in [3.05, 3.63) is 0 Å². The average molecular weight is 282 g/mol. The summed E-state index contributed by atoms with van der Waals surface area (Å²) >= 11 is 0. The van der Waals surface area contributed by atoms with Gasteiger partial charge in [-0.1, -0.05) is 13.8 Å². The van der Waals surface area contributed by atoms with Gasteiger partial charge in [-0.2, -0.15) is 0 Å². The van der Waals surface area contributed by atoms with Gasteiger partial charge >= 0.3 is 0 Å². The fourth-order valence-corrected chi connectivity index (χ4v) is 3.61. The molecule has 0 unspecified atom stereocenters. The molecule has 0 radical (unpaired) electrons. The molecule has 1 N–H and O–H groups in total. The third-order valence-corrected chi connectivity index (χ3v) is 5.17. The summed E-state index contributed by atoms with van der Waals surface area (Å²) in [6.07, 6.45) is 1.49. The second-order valence-corrected chi connectivity index (χ2v) is 6.56. The van der Waals surface area contributed by atoms with Crippen LogP contribution in [0.15, 0.2) is 0 Å². The van der Waals surface area contributed by atoms with E-state index in [0.717, 1.165) is 6.42 Å². The molecular formula is C14H22N2O4. The van der Waals surface area contributed by atoms with Crippen LogP contribution in [0.1, 0.15) is 40.5 Å². The van der Waals surface area contributed by atoms with Gasteiger partial charge in [0.05, 0.1) is 0 Å². The zero-order chi connectivity index (χ0) is 14.9.